The third-order valence-corrected chi connectivity index (χ3v) is 3.19. The molecule has 0 unspecified atom stereocenters. The summed E-state index contributed by atoms with van der Waals surface area (Å²) < 4.78 is 5.59. The number of fused-ring (bicyclic) bond motifs is 1. The van der Waals surface area contributed by atoms with Crippen molar-refractivity contribution in [3.8, 4) is 5.75 Å². The molecule has 1 heterocycles. The van der Waals surface area contributed by atoms with Gasteiger partial charge in [0.25, 0.3) is 5.91 Å². The molecule has 6 heteroatoms. The Hall–Kier alpha value is -2.24. The van der Waals surface area contributed by atoms with Gasteiger partial charge in [0.05, 0.1) is 17.8 Å². The maximum absolute atomic E-state index is 12.5. The Kier molecular flexibility index (Phi) is 4.45. The summed E-state index contributed by atoms with van der Waals surface area (Å²) in [5, 5.41) is 5.71. The zero-order valence-corrected chi connectivity index (χ0v) is 11.7. The highest BCUT2D eigenvalue weighted by Crippen LogP contribution is 2.31. The average molecular weight is 277 g/mol. The van der Waals surface area contributed by atoms with Crippen LogP contribution in [0.2, 0.25) is 0 Å². The Bertz CT molecular complexity index is 516. The van der Waals surface area contributed by atoms with Crippen LogP contribution in [0.1, 0.15) is 17.3 Å². The maximum Gasteiger partial charge on any atom is 0.258 e. The Morgan fingerprint density at radius 2 is 2.25 bits per heavy atom. The largest absolute Gasteiger partial charge is 0.489 e. The summed E-state index contributed by atoms with van der Waals surface area (Å²) in [5.74, 6) is 0.180. The maximum atomic E-state index is 12.5. The Balaban J connectivity index is 2.25. The van der Waals surface area contributed by atoms with E-state index in [0.29, 0.717) is 24.5 Å². The van der Waals surface area contributed by atoms with Gasteiger partial charge in [0.1, 0.15) is 6.61 Å². The van der Waals surface area contributed by atoms with Crippen LogP contribution in [0, 0.1) is 0 Å². The fourth-order valence-electron chi connectivity index (χ4n) is 2.09. The van der Waals surface area contributed by atoms with Crippen LogP contribution in [-0.2, 0) is 4.79 Å². The van der Waals surface area contributed by atoms with Gasteiger partial charge in [-0.2, -0.15) is 0 Å². The molecule has 0 aliphatic carbocycles. The molecule has 20 heavy (non-hydrogen) atoms. The summed E-state index contributed by atoms with van der Waals surface area (Å²) in [4.78, 5) is 25.5. The van der Waals surface area contributed by atoms with Gasteiger partial charge in [0.15, 0.2) is 5.75 Å². The molecule has 0 aromatic heterocycles. The highest BCUT2D eigenvalue weighted by molar-refractivity contribution is 6.00. The molecule has 0 radical (unpaired) electrons. The number of benzene rings is 1. The van der Waals surface area contributed by atoms with Gasteiger partial charge >= 0.3 is 0 Å². The van der Waals surface area contributed by atoms with Crippen molar-refractivity contribution in [3.63, 3.8) is 0 Å². The molecule has 0 spiro atoms. The molecule has 0 atom stereocenters. The van der Waals surface area contributed by atoms with Crippen molar-refractivity contribution < 1.29 is 14.3 Å². The Morgan fingerprint density at radius 3 is 2.95 bits per heavy atom. The van der Waals surface area contributed by atoms with Crippen molar-refractivity contribution in [3.05, 3.63) is 23.8 Å². The first kappa shape index (κ1) is 14.2. The fraction of sp³-hybridized carbons (Fsp3) is 0.429. The van der Waals surface area contributed by atoms with E-state index >= 15 is 0 Å². The molecule has 1 aliphatic heterocycles. The molecule has 1 aliphatic rings. The van der Waals surface area contributed by atoms with E-state index in [0.717, 1.165) is 12.2 Å². The van der Waals surface area contributed by atoms with E-state index in [1.165, 1.54) is 4.90 Å². The number of carbonyl (C=O) groups is 2. The minimum Gasteiger partial charge on any atom is -0.489 e. The zero-order chi connectivity index (χ0) is 14.5. The lowest BCUT2D eigenvalue weighted by Gasteiger charge is -2.25. The molecule has 0 bridgehead atoms. The van der Waals surface area contributed by atoms with Crippen molar-refractivity contribution in [1.82, 2.24) is 10.2 Å². The molecule has 108 valence electrons. The molecule has 6 nitrogen and oxygen atoms in total. The van der Waals surface area contributed by atoms with Gasteiger partial charge in [-0.1, -0.05) is 6.07 Å². The molecule has 2 N–H and O–H groups in total. The number of nitrogens with one attached hydrogen (secondary N) is 2. The highest BCUT2D eigenvalue weighted by atomic mass is 16.5. The van der Waals surface area contributed by atoms with Crippen molar-refractivity contribution >= 4 is 17.5 Å². The number of carbonyl (C=O) groups excluding carboxylic acids is 2. The van der Waals surface area contributed by atoms with Crippen LogP contribution >= 0.6 is 0 Å². The van der Waals surface area contributed by atoms with E-state index in [4.69, 9.17) is 4.74 Å². The van der Waals surface area contributed by atoms with Crippen molar-refractivity contribution in [2.75, 3.05) is 38.6 Å². The van der Waals surface area contributed by atoms with E-state index in [1.807, 2.05) is 19.1 Å². The number of rotatable bonds is 4. The lowest BCUT2D eigenvalue weighted by molar-refractivity contribution is -0.121. The van der Waals surface area contributed by atoms with E-state index in [-0.39, 0.29) is 18.4 Å². The number of ether oxygens (including phenoxy) is 1. The SMILES string of the molecule is CCN(CC(=O)NC)C(=O)c1cccc2c1OCCN2. The number of amides is 2. The molecular weight excluding hydrogens is 258 g/mol. The first-order valence-electron chi connectivity index (χ1n) is 6.67. The topological polar surface area (TPSA) is 70.7 Å². The van der Waals surface area contributed by atoms with Gasteiger partial charge in [-0.15, -0.1) is 0 Å². The van der Waals surface area contributed by atoms with E-state index < -0.39 is 0 Å². The van der Waals surface area contributed by atoms with Crippen molar-refractivity contribution in [2.45, 2.75) is 6.92 Å². The quantitative estimate of drug-likeness (QED) is 0.850. The van der Waals surface area contributed by atoms with Crippen molar-refractivity contribution in [2.24, 2.45) is 0 Å². The minimum atomic E-state index is -0.198. The number of anilines is 1. The predicted molar refractivity (Wildman–Crippen MR) is 76.1 cm³/mol. The van der Waals surface area contributed by atoms with Gasteiger partial charge in [-0.05, 0) is 19.1 Å². The standard InChI is InChI=1S/C14H19N3O3/c1-3-17(9-12(18)15-2)14(19)10-5-4-6-11-13(10)20-8-7-16-11/h4-6,16H,3,7-9H2,1-2H3,(H,15,18). The predicted octanol–water partition coefficient (Wildman–Crippen LogP) is 0.699. The van der Waals surface area contributed by atoms with Crippen LogP contribution < -0.4 is 15.4 Å². The van der Waals surface area contributed by atoms with Gasteiger partial charge in [-0.25, -0.2) is 0 Å². The van der Waals surface area contributed by atoms with Crippen LogP contribution in [-0.4, -0.2) is 50.0 Å². The molecular formula is C14H19N3O3. The average Bonchev–Trinajstić information content (AvgIpc) is 2.51. The monoisotopic (exact) mass is 277 g/mol. The van der Waals surface area contributed by atoms with Crippen molar-refractivity contribution in [1.29, 1.82) is 0 Å². The molecule has 0 saturated carbocycles. The summed E-state index contributed by atoms with van der Waals surface area (Å²) in [6, 6.07) is 5.41. The lowest BCUT2D eigenvalue weighted by Crippen LogP contribution is -2.39. The first-order valence-corrected chi connectivity index (χ1v) is 6.67. The number of likely N-dealkylation sites (N-methyl/N-ethyl adjacent to an activating group) is 2. The summed E-state index contributed by atoms with van der Waals surface area (Å²) in [6.07, 6.45) is 0. The van der Waals surface area contributed by atoms with Gasteiger partial charge in [0.2, 0.25) is 5.91 Å². The lowest BCUT2D eigenvalue weighted by atomic mass is 10.1. The molecule has 0 fully saturated rings. The van der Waals surface area contributed by atoms with Crippen LogP contribution in [0.4, 0.5) is 5.69 Å². The van der Waals surface area contributed by atoms with Crippen LogP contribution in [0.25, 0.3) is 0 Å². The van der Waals surface area contributed by atoms with Crippen LogP contribution in [0.5, 0.6) is 5.75 Å². The van der Waals surface area contributed by atoms with E-state index in [1.54, 1.807) is 13.1 Å². The fourth-order valence-corrected chi connectivity index (χ4v) is 2.09. The molecule has 2 rings (SSSR count). The number of para-hydroxylation sites is 1. The number of nitrogens with zero attached hydrogens (tertiary/aromatic N) is 1. The third-order valence-electron chi connectivity index (χ3n) is 3.19. The molecule has 1 aromatic rings. The first-order chi connectivity index (χ1) is 9.67. The van der Waals surface area contributed by atoms with Gasteiger partial charge < -0.3 is 20.3 Å². The summed E-state index contributed by atoms with van der Waals surface area (Å²) >= 11 is 0. The second-order valence-corrected chi connectivity index (χ2v) is 4.45. The Labute approximate surface area is 118 Å². The Morgan fingerprint density at radius 1 is 1.45 bits per heavy atom. The molecule has 2 amide bonds. The zero-order valence-electron chi connectivity index (χ0n) is 11.7. The molecule has 1 aromatic carbocycles. The summed E-state index contributed by atoms with van der Waals surface area (Å²) in [6.45, 7) is 3.60. The smallest absolute Gasteiger partial charge is 0.258 e. The minimum absolute atomic E-state index is 0.0446. The third kappa shape index (κ3) is 2.84. The van der Waals surface area contributed by atoms with Gasteiger partial charge in [0, 0.05) is 20.1 Å². The van der Waals surface area contributed by atoms with E-state index in [2.05, 4.69) is 10.6 Å². The summed E-state index contributed by atoms with van der Waals surface area (Å²) in [5.41, 5.74) is 1.30. The van der Waals surface area contributed by atoms with Crippen LogP contribution in [0.15, 0.2) is 18.2 Å². The second-order valence-electron chi connectivity index (χ2n) is 4.45. The highest BCUT2D eigenvalue weighted by Gasteiger charge is 2.23. The van der Waals surface area contributed by atoms with E-state index in [9.17, 15) is 9.59 Å². The molecule has 0 saturated heterocycles. The number of hydrogen-bond donors (Lipinski definition) is 2. The second kappa shape index (κ2) is 6.27. The van der Waals surface area contributed by atoms with Crippen LogP contribution in [0.3, 0.4) is 0 Å². The number of hydrogen-bond acceptors (Lipinski definition) is 4. The summed E-state index contributed by atoms with van der Waals surface area (Å²) in [7, 11) is 1.55. The normalized spacial score (nSPS) is 12.7. The van der Waals surface area contributed by atoms with Gasteiger partial charge in [-0.3, -0.25) is 9.59 Å².